The van der Waals surface area contributed by atoms with Crippen LogP contribution in [0.3, 0.4) is 0 Å². The van der Waals surface area contributed by atoms with Gasteiger partial charge in [0.15, 0.2) is 0 Å². The number of ether oxygens (including phenoxy) is 1. The predicted octanol–water partition coefficient (Wildman–Crippen LogP) is 2.67. The van der Waals surface area contributed by atoms with Crippen molar-refractivity contribution in [2.75, 3.05) is 13.7 Å². The van der Waals surface area contributed by atoms with Crippen molar-refractivity contribution in [3.8, 4) is 0 Å². The number of likely N-dealkylation sites (N-methyl/N-ethyl adjacent to an activating group) is 1. The summed E-state index contributed by atoms with van der Waals surface area (Å²) in [5, 5.41) is 12.6. The van der Waals surface area contributed by atoms with Crippen LogP contribution in [0.25, 0.3) is 0 Å². The Balaban J connectivity index is 1.97. The number of aliphatic carboxylic acids is 1. The Morgan fingerprint density at radius 1 is 1.40 bits per heavy atom. The van der Waals surface area contributed by atoms with E-state index in [-0.39, 0.29) is 18.6 Å². The quantitative estimate of drug-likeness (QED) is 0.787. The van der Waals surface area contributed by atoms with Gasteiger partial charge in [-0.15, -0.1) is 0 Å². The molecule has 0 aromatic carbocycles. The molecule has 0 aliphatic heterocycles. The van der Waals surface area contributed by atoms with Crippen LogP contribution < -0.4 is 5.32 Å². The van der Waals surface area contributed by atoms with Crippen LogP contribution in [0.15, 0.2) is 0 Å². The predicted molar refractivity (Wildman–Crippen MR) is 78.7 cm³/mol. The molecule has 20 heavy (non-hydrogen) atoms. The van der Waals surface area contributed by atoms with Gasteiger partial charge in [-0.3, -0.25) is 4.79 Å². The van der Waals surface area contributed by atoms with Crippen LogP contribution >= 0.6 is 0 Å². The normalized spacial score (nSPS) is 32.6. The Labute approximate surface area is 122 Å². The molecule has 0 amide bonds. The summed E-state index contributed by atoms with van der Waals surface area (Å²) in [6.45, 7) is 7.11. The van der Waals surface area contributed by atoms with Crippen molar-refractivity contribution in [3.63, 3.8) is 0 Å². The Bertz CT molecular complexity index is 365. The Morgan fingerprint density at radius 3 is 2.50 bits per heavy atom. The smallest absolute Gasteiger partial charge is 0.326 e. The summed E-state index contributed by atoms with van der Waals surface area (Å²) in [6.07, 6.45) is 5.48. The first-order valence-electron chi connectivity index (χ1n) is 7.83. The highest BCUT2D eigenvalue weighted by Gasteiger charge is 2.51. The molecule has 0 aromatic rings. The van der Waals surface area contributed by atoms with Crippen molar-refractivity contribution in [2.24, 2.45) is 17.3 Å². The van der Waals surface area contributed by atoms with Crippen molar-refractivity contribution in [1.82, 2.24) is 5.32 Å². The number of rotatable bonds is 6. The third-order valence-corrected chi connectivity index (χ3v) is 5.00. The SMILES string of the molecule is CNC(COC1CC(C)CC(C)(C)C1)(C(=O)O)C1CC1. The fourth-order valence-corrected chi connectivity index (χ4v) is 3.95. The van der Waals surface area contributed by atoms with Gasteiger partial charge < -0.3 is 15.2 Å². The molecule has 3 atom stereocenters. The third-order valence-electron chi connectivity index (χ3n) is 5.00. The monoisotopic (exact) mass is 283 g/mol. The molecule has 2 aliphatic rings. The second-order valence-corrected chi connectivity index (χ2v) is 7.65. The van der Waals surface area contributed by atoms with Crippen LogP contribution in [0.4, 0.5) is 0 Å². The zero-order chi connectivity index (χ0) is 15.0. The second kappa shape index (κ2) is 5.64. The lowest BCUT2D eigenvalue weighted by molar-refractivity contribution is -0.151. The first-order chi connectivity index (χ1) is 9.29. The maximum absolute atomic E-state index is 11.7. The summed E-state index contributed by atoms with van der Waals surface area (Å²) < 4.78 is 6.06. The van der Waals surface area contributed by atoms with Crippen LogP contribution in [0.5, 0.6) is 0 Å². The largest absolute Gasteiger partial charge is 0.480 e. The van der Waals surface area contributed by atoms with Crippen LogP contribution in [0.2, 0.25) is 0 Å². The molecule has 2 N–H and O–H groups in total. The van der Waals surface area contributed by atoms with E-state index in [4.69, 9.17) is 4.74 Å². The molecule has 2 saturated carbocycles. The molecule has 2 rings (SSSR count). The number of carboxylic acids is 1. The fourth-order valence-electron chi connectivity index (χ4n) is 3.95. The van der Waals surface area contributed by atoms with E-state index < -0.39 is 11.5 Å². The minimum absolute atomic E-state index is 0.194. The van der Waals surface area contributed by atoms with Gasteiger partial charge in [-0.05, 0) is 56.4 Å². The molecule has 0 bridgehead atoms. The average Bonchev–Trinajstić information content (AvgIpc) is 3.12. The summed E-state index contributed by atoms with van der Waals surface area (Å²) in [7, 11) is 1.74. The number of carboxylic acid groups (broad SMARTS) is 1. The molecule has 0 radical (unpaired) electrons. The lowest BCUT2D eigenvalue weighted by atomic mass is 9.71. The lowest BCUT2D eigenvalue weighted by Crippen LogP contribution is -2.56. The molecule has 4 nitrogen and oxygen atoms in total. The molecule has 0 aromatic heterocycles. The van der Waals surface area contributed by atoms with Gasteiger partial charge in [0.1, 0.15) is 5.54 Å². The van der Waals surface area contributed by atoms with E-state index in [1.54, 1.807) is 7.05 Å². The highest BCUT2D eigenvalue weighted by molar-refractivity contribution is 5.80. The molecule has 3 unspecified atom stereocenters. The lowest BCUT2D eigenvalue weighted by Gasteiger charge is -2.40. The van der Waals surface area contributed by atoms with Gasteiger partial charge >= 0.3 is 5.97 Å². The van der Waals surface area contributed by atoms with Crippen molar-refractivity contribution in [2.45, 2.75) is 64.5 Å². The zero-order valence-electron chi connectivity index (χ0n) is 13.2. The standard InChI is InChI=1S/C16H29NO3/c1-11-7-13(9-15(2,3)8-11)20-10-16(17-4,14(18)19)12-5-6-12/h11-13,17H,5-10H2,1-4H3,(H,18,19). The van der Waals surface area contributed by atoms with Gasteiger partial charge in [-0.1, -0.05) is 20.8 Å². The molecule has 0 spiro atoms. The Morgan fingerprint density at radius 2 is 2.05 bits per heavy atom. The van der Waals surface area contributed by atoms with Crippen molar-refractivity contribution < 1.29 is 14.6 Å². The van der Waals surface area contributed by atoms with E-state index in [2.05, 4.69) is 26.1 Å². The van der Waals surface area contributed by atoms with Crippen LogP contribution in [0.1, 0.15) is 52.9 Å². The van der Waals surface area contributed by atoms with Crippen LogP contribution in [0, 0.1) is 17.3 Å². The molecule has 0 saturated heterocycles. The summed E-state index contributed by atoms with van der Waals surface area (Å²) in [5.41, 5.74) is -0.585. The Kier molecular flexibility index (Phi) is 4.45. The van der Waals surface area contributed by atoms with Crippen LogP contribution in [-0.2, 0) is 9.53 Å². The van der Waals surface area contributed by atoms with E-state index in [1.165, 1.54) is 6.42 Å². The van der Waals surface area contributed by atoms with E-state index >= 15 is 0 Å². The van der Waals surface area contributed by atoms with Crippen molar-refractivity contribution in [1.29, 1.82) is 0 Å². The van der Waals surface area contributed by atoms with Crippen molar-refractivity contribution in [3.05, 3.63) is 0 Å². The number of hydrogen-bond donors (Lipinski definition) is 2. The average molecular weight is 283 g/mol. The highest BCUT2D eigenvalue weighted by Crippen LogP contribution is 2.42. The van der Waals surface area contributed by atoms with Gasteiger partial charge in [0.25, 0.3) is 0 Å². The molecule has 116 valence electrons. The van der Waals surface area contributed by atoms with E-state index in [0.29, 0.717) is 11.3 Å². The molecule has 2 aliphatic carbocycles. The molecular weight excluding hydrogens is 254 g/mol. The molecule has 4 heteroatoms. The second-order valence-electron chi connectivity index (χ2n) is 7.65. The summed E-state index contributed by atoms with van der Waals surface area (Å²) >= 11 is 0. The zero-order valence-corrected chi connectivity index (χ0v) is 13.2. The van der Waals surface area contributed by atoms with Crippen molar-refractivity contribution >= 4 is 5.97 Å². The van der Waals surface area contributed by atoms with E-state index in [1.807, 2.05) is 0 Å². The molecule has 2 fully saturated rings. The van der Waals surface area contributed by atoms with Gasteiger partial charge in [-0.25, -0.2) is 0 Å². The fraction of sp³-hybridized carbons (Fsp3) is 0.938. The number of hydrogen-bond acceptors (Lipinski definition) is 3. The highest BCUT2D eigenvalue weighted by atomic mass is 16.5. The Hall–Kier alpha value is -0.610. The summed E-state index contributed by atoms with van der Waals surface area (Å²) in [5.74, 6) is 0.100. The van der Waals surface area contributed by atoms with Gasteiger partial charge in [-0.2, -0.15) is 0 Å². The maximum atomic E-state index is 11.7. The molecule has 0 heterocycles. The molecular formula is C16H29NO3. The van der Waals surface area contributed by atoms with Gasteiger partial charge in [0.05, 0.1) is 12.7 Å². The van der Waals surface area contributed by atoms with Gasteiger partial charge in [0, 0.05) is 0 Å². The summed E-state index contributed by atoms with van der Waals surface area (Å²) in [4.78, 5) is 11.7. The number of carbonyl (C=O) groups is 1. The van der Waals surface area contributed by atoms with E-state index in [0.717, 1.165) is 25.7 Å². The first kappa shape index (κ1) is 15.8. The minimum atomic E-state index is -0.884. The minimum Gasteiger partial charge on any atom is -0.480 e. The first-order valence-corrected chi connectivity index (χ1v) is 7.83. The summed E-state index contributed by atoms with van der Waals surface area (Å²) in [6, 6.07) is 0. The number of nitrogens with one attached hydrogen (secondary N) is 1. The van der Waals surface area contributed by atoms with E-state index in [9.17, 15) is 9.90 Å². The van der Waals surface area contributed by atoms with Gasteiger partial charge in [0.2, 0.25) is 0 Å². The third kappa shape index (κ3) is 3.34. The maximum Gasteiger partial charge on any atom is 0.326 e. The van der Waals surface area contributed by atoms with Crippen LogP contribution in [-0.4, -0.2) is 36.4 Å². The topological polar surface area (TPSA) is 58.6 Å².